The average molecular weight is 368 g/mol. The second-order valence-corrected chi connectivity index (χ2v) is 7.53. The molecule has 2 saturated heterocycles. The highest BCUT2D eigenvalue weighted by molar-refractivity contribution is 5.46. The standard InChI is InChI=1S/C17H23F3N6/c1-11(2)25-12-3-4-13(25)10-24(8-7-12)15-6-5-14-21-22-16(26(14)23-15)9-17(18,19)20/h5-6,11-13H,3-4,7-10H2,1-2H3. The SMILES string of the molecule is CC(C)N1C2CCC1CN(c1ccc3nnc(CC(F)(F)F)n3n1)CC2. The molecule has 0 radical (unpaired) electrons. The Kier molecular flexibility index (Phi) is 4.29. The molecule has 0 N–H and O–H groups in total. The second kappa shape index (κ2) is 6.37. The first-order valence-electron chi connectivity index (χ1n) is 9.12. The van der Waals surface area contributed by atoms with Gasteiger partial charge in [-0.1, -0.05) is 0 Å². The number of nitrogens with zero attached hydrogens (tertiary/aromatic N) is 6. The third-order valence-corrected chi connectivity index (χ3v) is 5.43. The molecule has 26 heavy (non-hydrogen) atoms. The van der Waals surface area contributed by atoms with Crippen LogP contribution in [0.1, 0.15) is 38.9 Å². The average Bonchev–Trinajstić information content (AvgIpc) is 3.06. The van der Waals surface area contributed by atoms with E-state index >= 15 is 0 Å². The predicted molar refractivity (Wildman–Crippen MR) is 91.2 cm³/mol. The van der Waals surface area contributed by atoms with Gasteiger partial charge in [0.2, 0.25) is 0 Å². The zero-order valence-electron chi connectivity index (χ0n) is 14.9. The molecule has 2 aromatic rings. The third-order valence-electron chi connectivity index (χ3n) is 5.43. The number of fused-ring (bicyclic) bond motifs is 3. The van der Waals surface area contributed by atoms with E-state index in [2.05, 4.69) is 38.9 Å². The fraction of sp³-hybridized carbons (Fsp3) is 0.706. The lowest BCUT2D eigenvalue weighted by molar-refractivity contribution is -0.128. The lowest BCUT2D eigenvalue weighted by Crippen LogP contribution is -2.43. The molecule has 4 rings (SSSR count). The molecule has 142 valence electrons. The molecule has 0 aromatic carbocycles. The summed E-state index contributed by atoms with van der Waals surface area (Å²) in [6, 6.07) is 5.08. The van der Waals surface area contributed by atoms with Crippen molar-refractivity contribution in [2.75, 3.05) is 18.0 Å². The molecule has 2 bridgehead atoms. The summed E-state index contributed by atoms with van der Waals surface area (Å²) in [5, 5.41) is 11.9. The molecule has 0 amide bonds. The van der Waals surface area contributed by atoms with Crippen LogP contribution in [-0.4, -0.2) is 62.1 Å². The van der Waals surface area contributed by atoms with Gasteiger partial charge in [-0.2, -0.15) is 17.7 Å². The van der Waals surface area contributed by atoms with Crippen molar-refractivity contribution in [1.82, 2.24) is 24.7 Å². The number of rotatable bonds is 3. The maximum Gasteiger partial charge on any atom is 0.396 e. The molecule has 2 unspecified atom stereocenters. The second-order valence-electron chi connectivity index (χ2n) is 7.53. The lowest BCUT2D eigenvalue weighted by atomic mass is 10.1. The number of aromatic nitrogens is 4. The van der Waals surface area contributed by atoms with Gasteiger partial charge in [0, 0.05) is 31.2 Å². The van der Waals surface area contributed by atoms with Crippen molar-refractivity contribution in [1.29, 1.82) is 0 Å². The van der Waals surface area contributed by atoms with E-state index in [1.807, 2.05) is 6.07 Å². The smallest absolute Gasteiger partial charge is 0.354 e. The molecular formula is C17H23F3N6. The molecule has 0 spiro atoms. The van der Waals surface area contributed by atoms with Crippen LogP contribution in [0.4, 0.5) is 19.0 Å². The Morgan fingerprint density at radius 1 is 1.12 bits per heavy atom. The van der Waals surface area contributed by atoms with Gasteiger partial charge in [-0.25, -0.2) is 0 Å². The first-order valence-corrected chi connectivity index (χ1v) is 9.12. The minimum absolute atomic E-state index is 0.172. The monoisotopic (exact) mass is 368 g/mol. The fourth-order valence-electron chi connectivity index (χ4n) is 4.44. The van der Waals surface area contributed by atoms with Crippen molar-refractivity contribution in [2.45, 2.75) is 63.8 Å². The van der Waals surface area contributed by atoms with Gasteiger partial charge in [0.25, 0.3) is 0 Å². The third kappa shape index (κ3) is 3.24. The number of halogens is 3. The Labute approximate surface area is 150 Å². The minimum atomic E-state index is -4.33. The fourth-order valence-corrected chi connectivity index (χ4v) is 4.44. The molecule has 6 nitrogen and oxygen atoms in total. The van der Waals surface area contributed by atoms with E-state index in [4.69, 9.17) is 0 Å². The van der Waals surface area contributed by atoms with Crippen LogP contribution in [0.3, 0.4) is 0 Å². The summed E-state index contributed by atoms with van der Waals surface area (Å²) in [6.07, 6.45) is -2.03. The van der Waals surface area contributed by atoms with Crippen molar-refractivity contribution < 1.29 is 13.2 Å². The first-order chi connectivity index (χ1) is 12.3. The maximum absolute atomic E-state index is 12.8. The number of alkyl halides is 3. The van der Waals surface area contributed by atoms with Crippen LogP contribution >= 0.6 is 0 Å². The van der Waals surface area contributed by atoms with Gasteiger partial charge < -0.3 is 4.90 Å². The Balaban J connectivity index is 1.61. The van der Waals surface area contributed by atoms with E-state index in [-0.39, 0.29) is 5.82 Å². The predicted octanol–water partition coefficient (Wildman–Crippen LogP) is 2.68. The molecule has 2 aliphatic rings. The van der Waals surface area contributed by atoms with E-state index < -0.39 is 12.6 Å². The number of hydrogen-bond acceptors (Lipinski definition) is 5. The summed E-state index contributed by atoms with van der Waals surface area (Å²) < 4.78 is 39.5. The highest BCUT2D eigenvalue weighted by Gasteiger charge is 2.39. The van der Waals surface area contributed by atoms with Crippen molar-refractivity contribution in [3.8, 4) is 0 Å². The molecule has 2 atom stereocenters. The van der Waals surface area contributed by atoms with Gasteiger partial charge in [-0.3, -0.25) is 4.90 Å². The van der Waals surface area contributed by atoms with E-state index in [1.165, 1.54) is 10.9 Å². The van der Waals surface area contributed by atoms with Gasteiger partial charge in [-0.05, 0) is 45.2 Å². The largest absolute Gasteiger partial charge is 0.396 e. The van der Waals surface area contributed by atoms with Gasteiger partial charge >= 0.3 is 6.18 Å². The summed E-state index contributed by atoms with van der Waals surface area (Å²) >= 11 is 0. The van der Waals surface area contributed by atoms with Crippen LogP contribution in [0, 0.1) is 0 Å². The quantitative estimate of drug-likeness (QED) is 0.834. The van der Waals surface area contributed by atoms with E-state index in [1.54, 1.807) is 6.07 Å². The summed E-state index contributed by atoms with van der Waals surface area (Å²) in [6.45, 7) is 6.17. The maximum atomic E-state index is 12.8. The summed E-state index contributed by atoms with van der Waals surface area (Å²) in [5.74, 6) is 0.520. The zero-order chi connectivity index (χ0) is 18.5. The van der Waals surface area contributed by atoms with Crippen LogP contribution < -0.4 is 4.90 Å². The van der Waals surface area contributed by atoms with Crippen LogP contribution in [0.2, 0.25) is 0 Å². The Morgan fingerprint density at radius 2 is 1.88 bits per heavy atom. The van der Waals surface area contributed by atoms with Crippen LogP contribution in [0.25, 0.3) is 5.65 Å². The van der Waals surface area contributed by atoms with Crippen LogP contribution in [-0.2, 0) is 6.42 Å². The normalized spacial score (nSPS) is 24.6. The van der Waals surface area contributed by atoms with Crippen molar-refractivity contribution in [3.63, 3.8) is 0 Å². The highest BCUT2D eigenvalue weighted by atomic mass is 19.4. The first kappa shape index (κ1) is 17.5. The van der Waals surface area contributed by atoms with Gasteiger partial charge in [0.05, 0.1) is 0 Å². The lowest BCUT2D eigenvalue weighted by Gasteiger charge is -2.32. The molecule has 9 heteroatoms. The summed E-state index contributed by atoms with van der Waals surface area (Å²) in [4.78, 5) is 4.78. The van der Waals surface area contributed by atoms with Gasteiger partial charge in [-0.15, -0.1) is 15.3 Å². The molecule has 2 fully saturated rings. The molecular weight excluding hydrogens is 345 g/mol. The molecule has 2 aromatic heterocycles. The minimum Gasteiger partial charge on any atom is -0.354 e. The number of anilines is 1. The molecule has 2 aliphatic heterocycles. The van der Waals surface area contributed by atoms with Gasteiger partial charge in [0.1, 0.15) is 12.2 Å². The topological polar surface area (TPSA) is 49.6 Å². The van der Waals surface area contributed by atoms with E-state index in [9.17, 15) is 13.2 Å². The van der Waals surface area contributed by atoms with E-state index in [0.717, 1.165) is 25.9 Å². The van der Waals surface area contributed by atoms with Crippen molar-refractivity contribution in [3.05, 3.63) is 18.0 Å². The zero-order valence-corrected chi connectivity index (χ0v) is 14.9. The van der Waals surface area contributed by atoms with Gasteiger partial charge in [0.15, 0.2) is 11.5 Å². The Bertz CT molecular complexity index is 786. The van der Waals surface area contributed by atoms with Crippen LogP contribution in [0.15, 0.2) is 12.1 Å². The Morgan fingerprint density at radius 3 is 2.62 bits per heavy atom. The van der Waals surface area contributed by atoms with Crippen molar-refractivity contribution >= 4 is 11.5 Å². The number of hydrogen-bond donors (Lipinski definition) is 0. The van der Waals surface area contributed by atoms with Crippen LogP contribution in [0.5, 0.6) is 0 Å². The van der Waals surface area contributed by atoms with E-state index in [0.29, 0.717) is 29.6 Å². The Hall–Kier alpha value is -1.90. The summed E-state index contributed by atoms with van der Waals surface area (Å²) in [7, 11) is 0. The molecule has 4 heterocycles. The molecule has 0 saturated carbocycles. The highest BCUT2D eigenvalue weighted by Crippen LogP contribution is 2.33. The van der Waals surface area contributed by atoms with Crippen molar-refractivity contribution in [2.24, 2.45) is 0 Å². The summed E-state index contributed by atoms with van der Waals surface area (Å²) in [5.41, 5.74) is 0.341. The molecule has 0 aliphatic carbocycles.